The van der Waals surface area contributed by atoms with Crippen molar-refractivity contribution in [2.45, 2.75) is 111 Å². The first-order chi connectivity index (χ1) is 60.0. The van der Waals surface area contributed by atoms with Gasteiger partial charge in [-0.1, -0.05) is 127 Å². The molecule has 4 N–H and O–H groups in total. The van der Waals surface area contributed by atoms with Crippen LogP contribution < -0.4 is 63.7 Å². The lowest BCUT2D eigenvalue weighted by Crippen LogP contribution is -2.34. The molecule has 4 fully saturated rings. The number of amides is 1. The first kappa shape index (κ1) is 87.2. The first-order valence-corrected chi connectivity index (χ1v) is 45.7. The van der Waals surface area contributed by atoms with Crippen molar-refractivity contribution < 1.29 is 47.4 Å². The Morgan fingerprint density at radius 1 is 0.398 bits per heavy atom. The number of nitrogens with one attached hydrogen (secondary N) is 4. The molecule has 26 nitrogen and oxygen atoms in total. The van der Waals surface area contributed by atoms with E-state index in [0.29, 0.717) is 109 Å². The van der Waals surface area contributed by atoms with E-state index in [1.807, 2.05) is 103 Å². The Labute approximate surface area is 727 Å². The molecule has 0 radical (unpaired) electrons. The number of carbonyl (C=O) groups excluding carboxylic acids is 1. The number of H-pyrrole nitrogens is 3. The first-order valence-electron chi connectivity index (χ1n) is 41.2. The minimum Gasteiger partial charge on any atom is -0.497 e. The average Bonchev–Trinajstić information content (AvgIpc) is 1.67. The maximum Gasteiger partial charge on any atom is 0.351 e. The highest BCUT2D eigenvalue weighted by Gasteiger charge is 2.46. The fourth-order valence-electron chi connectivity index (χ4n) is 17.2. The van der Waals surface area contributed by atoms with Gasteiger partial charge in [-0.2, -0.15) is 40.3 Å². The standard InChI is InChI=1S/C93H99N9O17S4/c1-111-71-28-20-66(21-29-71)92(65-16-10-6-11-17-65,67-22-30-72(112-2)31-23-67)115-48-40-75-61(52-83(116-75)100-45-37-80(103)96-89(100)108)56-120-49-41-76-62(53-84(117-76)101-46-38-81(104)97-90(101)109)57-121-50-42-77-63(54-85(118-77)102-47-39-82(105)98-91(102)110)58-122-51-43-78-64(55-86(119-78)99-44-36-79(95-88(99)107)94-87(106)60-14-8-5-9-15-60)59-123-93(68-18-12-7-13-19-68,69-24-32-73(113-3)33-25-69)70-26-34-74(114-4)35-27-70/h5-39,44-47,61-64,75-78,83-86H,40-43,48-59H2,1-4H3,(H,96,103,108)(H,97,104,109)(H,98,105,110)(H,94,95,106,107)/t61-,62-,63-,64-,75-,76-,77-,78-,83-,84-,85-,86-/m1/s1. The van der Waals surface area contributed by atoms with Crippen molar-refractivity contribution in [1.82, 2.24) is 38.2 Å². The van der Waals surface area contributed by atoms with Crippen molar-refractivity contribution in [3.05, 3.63) is 349 Å². The second kappa shape index (κ2) is 40.8. The Morgan fingerprint density at radius 3 is 1.10 bits per heavy atom. The smallest absolute Gasteiger partial charge is 0.351 e. The maximum absolute atomic E-state index is 14.2. The van der Waals surface area contributed by atoms with E-state index in [0.717, 1.165) is 44.9 Å². The number of carbonyl (C=O) groups is 1. The molecule has 0 unspecified atom stereocenters. The van der Waals surface area contributed by atoms with Crippen molar-refractivity contribution in [3.8, 4) is 23.0 Å². The number of hydrogen-bond donors (Lipinski definition) is 4. The summed E-state index contributed by atoms with van der Waals surface area (Å²) >= 11 is 7.11. The summed E-state index contributed by atoms with van der Waals surface area (Å²) in [6, 6.07) is 66.9. The number of benzene rings is 7. The van der Waals surface area contributed by atoms with Gasteiger partial charge in [-0.05, 0) is 210 Å². The zero-order valence-electron chi connectivity index (χ0n) is 68.6. The normalized spacial score (nSPS) is 21.4. The predicted octanol–water partition coefficient (Wildman–Crippen LogP) is 13.3. The molecule has 0 saturated carbocycles. The summed E-state index contributed by atoms with van der Waals surface area (Å²) in [6.07, 6.45) is 6.53. The van der Waals surface area contributed by atoms with Gasteiger partial charge in [0.15, 0.2) is 0 Å². The lowest BCUT2D eigenvalue weighted by atomic mass is 9.80. The van der Waals surface area contributed by atoms with Crippen LogP contribution in [0.1, 0.15) is 120 Å². The minimum absolute atomic E-state index is 0.0126. The fourth-order valence-corrected chi connectivity index (χ4v) is 22.6. The van der Waals surface area contributed by atoms with Crippen LogP contribution >= 0.6 is 47.0 Å². The molecule has 0 spiro atoms. The third-order valence-electron chi connectivity index (χ3n) is 23.6. The molecule has 30 heteroatoms. The molecule has 4 saturated heterocycles. The summed E-state index contributed by atoms with van der Waals surface area (Å²) in [7, 11) is 6.57. The quantitative estimate of drug-likeness (QED) is 0.0206. The van der Waals surface area contributed by atoms with Gasteiger partial charge in [0.25, 0.3) is 22.6 Å². The molecule has 4 aliphatic heterocycles. The third kappa shape index (κ3) is 20.4. The summed E-state index contributed by atoms with van der Waals surface area (Å²) in [5, 5.41) is 2.77. The van der Waals surface area contributed by atoms with E-state index >= 15 is 0 Å². The summed E-state index contributed by atoms with van der Waals surface area (Å²) < 4.78 is 62.6. The molecule has 4 aliphatic rings. The summed E-state index contributed by atoms with van der Waals surface area (Å²) in [4.78, 5) is 117. The molecule has 11 aromatic rings. The van der Waals surface area contributed by atoms with Crippen LogP contribution in [0.2, 0.25) is 0 Å². The number of rotatable bonds is 38. The van der Waals surface area contributed by atoms with Gasteiger partial charge in [0.05, 0.1) is 64.2 Å². The SMILES string of the molecule is COc1ccc(C(OCC[C@H]2O[C@@H](n3ccc(=O)[nH]c3=O)C[C@@H]2CSCC[C@H]2O[C@@H](n3ccc(=O)[nH]c3=O)C[C@@H]2CSCC[C@H]2O[C@@H](n3ccc(=O)[nH]c3=O)C[C@@H]2CSCC[C@H]2O[C@@H](n3ccc(NC(=O)c4ccccc4)nc3=O)C[C@@H]2CSC(c2ccccc2)(c2ccc(OC)cc2)c2ccc(OC)cc2)(c2ccccc2)c2ccc(OC)cc2)cc1. The van der Waals surface area contributed by atoms with Crippen LogP contribution in [-0.4, -0.2) is 144 Å². The van der Waals surface area contributed by atoms with Crippen LogP contribution in [0.4, 0.5) is 5.82 Å². The number of ether oxygens (including phenoxy) is 9. The number of aromatic nitrogens is 8. The van der Waals surface area contributed by atoms with E-state index < -0.39 is 80.6 Å². The van der Waals surface area contributed by atoms with E-state index in [1.165, 1.54) is 55.1 Å². The van der Waals surface area contributed by atoms with E-state index in [1.54, 1.807) is 112 Å². The highest BCUT2D eigenvalue weighted by molar-refractivity contribution is 8.00. The molecular weight excluding hydrogens is 1640 g/mol. The molecule has 4 aromatic heterocycles. The van der Waals surface area contributed by atoms with Crippen LogP contribution in [0.25, 0.3) is 0 Å². The highest BCUT2D eigenvalue weighted by Crippen LogP contribution is 2.53. The Bertz CT molecular complexity index is 5690. The van der Waals surface area contributed by atoms with Gasteiger partial charge in [-0.25, -0.2) is 19.2 Å². The van der Waals surface area contributed by atoms with E-state index in [4.69, 9.17) is 42.6 Å². The Morgan fingerprint density at radius 2 is 0.724 bits per heavy atom. The molecule has 0 bridgehead atoms. The largest absolute Gasteiger partial charge is 0.497 e. The third-order valence-corrected chi connectivity index (χ3v) is 28.9. The molecule has 642 valence electrons. The molecule has 15 rings (SSSR count). The Kier molecular flexibility index (Phi) is 28.9. The Hall–Kier alpha value is -10.7. The average molecular weight is 1740 g/mol. The lowest BCUT2D eigenvalue weighted by molar-refractivity contribution is -0.0438. The number of nitrogens with zero attached hydrogens (tertiary/aromatic N) is 5. The van der Waals surface area contributed by atoms with Crippen LogP contribution in [-0.2, 0) is 34.0 Å². The van der Waals surface area contributed by atoms with Gasteiger partial charge in [0.1, 0.15) is 59.3 Å². The van der Waals surface area contributed by atoms with Crippen molar-refractivity contribution in [3.63, 3.8) is 0 Å². The summed E-state index contributed by atoms with van der Waals surface area (Å²) in [5.41, 5.74) is 1.36. The van der Waals surface area contributed by atoms with Crippen LogP contribution in [0.15, 0.2) is 271 Å². The summed E-state index contributed by atoms with van der Waals surface area (Å²) in [5.74, 6) is 7.04. The topological polar surface area (TPSA) is 312 Å². The highest BCUT2D eigenvalue weighted by atomic mass is 32.2. The van der Waals surface area contributed by atoms with E-state index in [-0.39, 0.29) is 60.5 Å². The molecule has 12 atom stereocenters. The minimum atomic E-state index is -1.09. The van der Waals surface area contributed by atoms with Gasteiger partial charge in [0, 0.05) is 54.3 Å². The van der Waals surface area contributed by atoms with Gasteiger partial charge in [0.2, 0.25) is 0 Å². The van der Waals surface area contributed by atoms with Crippen molar-refractivity contribution >= 4 is 58.8 Å². The van der Waals surface area contributed by atoms with E-state index in [2.05, 4.69) is 85.9 Å². The van der Waals surface area contributed by atoms with Crippen molar-refractivity contribution in [2.24, 2.45) is 23.7 Å². The number of thioether (sulfide) groups is 4. The molecule has 8 heterocycles. The molecule has 7 aromatic carbocycles. The van der Waals surface area contributed by atoms with Crippen LogP contribution in [0.5, 0.6) is 23.0 Å². The van der Waals surface area contributed by atoms with Crippen LogP contribution in [0.3, 0.4) is 0 Å². The second-order valence-corrected chi connectivity index (χ2v) is 35.6. The number of hydrogen-bond acceptors (Lipinski definition) is 22. The van der Waals surface area contributed by atoms with Crippen LogP contribution in [0, 0.1) is 23.7 Å². The number of methoxy groups -OCH3 is 4. The lowest BCUT2D eigenvalue weighted by Gasteiger charge is -2.37. The number of aromatic amines is 3. The monoisotopic (exact) mass is 1740 g/mol. The Balaban J connectivity index is 0.631. The second-order valence-electron chi connectivity index (χ2n) is 30.9. The molecule has 123 heavy (non-hydrogen) atoms. The summed E-state index contributed by atoms with van der Waals surface area (Å²) in [6.45, 7) is 0.245. The maximum atomic E-state index is 14.2. The van der Waals surface area contributed by atoms with Gasteiger partial charge in [-0.15, -0.1) is 11.8 Å². The van der Waals surface area contributed by atoms with Gasteiger partial charge in [-0.3, -0.25) is 52.4 Å². The van der Waals surface area contributed by atoms with Gasteiger partial charge >= 0.3 is 22.8 Å². The van der Waals surface area contributed by atoms with Gasteiger partial charge < -0.3 is 47.9 Å². The zero-order valence-corrected chi connectivity index (χ0v) is 71.8. The number of anilines is 1. The van der Waals surface area contributed by atoms with E-state index in [9.17, 15) is 38.4 Å². The fraction of sp³-hybridized carbons (Fsp3) is 0.366. The molecule has 0 aliphatic carbocycles. The molecule has 1 amide bonds. The zero-order chi connectivity index (χ0) is 85.4. The van der Waals surface area contributed by atoms with Crippen molar-refractivity contribution in [1.29, 1.82) is 0 Å². The van der Waals surface area contributed by atoms with Crippen molar-refractivity contribution in [2.75, 3.05) is 80.6 Å². The molecular formula is C93H99N9O17S4. The predicted molar refractivity (Wildman–Crippen MR) is 478 cm³/mol.